The summed E-state index contributed by atoms with van der Waals surface area (Å²) < 4.78 is 0. The Balaban J connectivity index is 1.92. The van der Waals surface area contributed by atoms with Crippen LogP contribution in [0.5, 0.6) is 0 Å². The second-order valence-electron chi connectivity index (χ2n) is 7.32. The smallest absolute Gasteiger partial charge is 0.00684 e. The molecule has 1 saturated heterocycles. The largest absolute Gasteiger partial charge is 0.313 e. The third kappa shape index (κ3) is 4.19. The van der Waals surface area contributed by atoms with E-state index < -0.39 is 0 Å². The molecule has 2 unspecified atom stereocenters. The average Bonchev–Trinajstić information content (AvgIpc) is 3.23. The summed E-state index contributed by atoms with van der Waals surface area (Å²) >= 11 is 0. The lowest BCUT2D eigenvalue weighted by atomic mass is 9.80. The van der Waals surface area contributed by atoms with Gasteiger partial charge in [-0.25, -0.2) is 0 Å². The molecule has 2 heteroatoms. The van der Waals surface area contributed by atoms with E-state index in [0.29, 0.717) is 5.41 Å². The molecule has 2 nitrogen and oxygen atoms in total. The van der Waals surface area contributed by atoms with Gasteiger partial charge in [0.2, 0.25) is 0 Å². The van der Waals surface area contributed by atoms with Crippen molar-refractivity contribution in [2.75, 3.05) is 19.6 Å². The molecule has 0 aromatic heterocycles. The van der Waals surface area contributed by atoms with Gasteiger partial charge in [-0.2, -0.15) is 0 Å². The van der Waals surface area contributed by atoms with E-state index in [1.807, 2.05) is 0 Å². The average molecular weight is 266 g/mol. The maximum Gasteiger partial charge on any atom is 0.00684 e. The summed E-state index contributed by atoms with van der Waals surface area (Å²) in [5, 5.41) is 3.79. The van der Waals surface area contributed by atoms with Crippen molar-refractivity contribution in [1.29, 1.82) is 0 Å². The number of hydrogen-bond acceptors (Lipinski definition) is 2. The van der Waals surface area contributed by atoms with Crippen molar-refractivity contribution >= 4 is 0 Å². The lowest BCUT2D eigenvalue weighted by molar-refractivity contribution is 0.0604. The van der Waals surface area contributed by atoms with E-state index in [1.54, 1.807) is 0 Å². The van der Waals surface area contributed by atoms with E-state index in [4.69, 9.17) is 0 Å². The van der Waals surface area contributed by atoms with Gasteiger partial charge < -0.3 is 5.32 Å². The minimum atomic E-state index is 0.494. The van der Waals surface area contributed by atoms with Crippen LogP contribution in [0.15, 0.2) is 0 Å². The van der Waals surface area contributed by atoms with E-state index in [9.17, 15) is 0 Å². The number of rotatable bonds is 7. The highest BCUT2D eigenvalue weighted by Gasteiger charge is 2.34. The fourth-order valence-electron chi connectivity index (χ4n) is 3.46. The Kier molecular flexibility index (Phi) is 5.30. The summed E-state index contributed by atoms with van der Waals surface area (Å²) in [7, 11) is 0. The monoisotopic (exact) mass is 266 g/mol. The van der Waals surface area contributed by atoms with Crippen molar-refractivity contribution in [3.8, 4) is 0 Å². The maximum atomic E-state index is 3.79. The molecule has 0 aromatic rings. The van der Waals surface area contributed by atoms with E-state index in [-0.39, 0.29) is 0 Å². The lowest BCUT2D eigenvalue weighted by Crippen LogP contribution is -2.50. The number of piperidine rings is 1. The second kappa shape index (κ2) is 6.58. The van der Waals surface area contributed by atoms with Crippen LogP contribution in [0, 0.1) is 11.3 Å². The van der Waals surface area contributed by atoms with Crippen LogP contribution in [-0.4, -0.2) is 36.6 Å². The Hall–Kier alpha value is -0.0800. The molecule has 1 saturated carbocycles. The van der Waals surface area contributed by atoms with Crippen LogP contribution in [0.25, 0.3) is 0 Å². The third-order valence-electron chi connectivity index (χ3n) is 5.63. The van der Waals surface area contributed by atoms with Crippen molar-refractivity contribution in [3.63, 3.8) is 0 Å². The van der Waals surface area contributed by atoms with Gasteiger partial charge in [-0.1, -0.05) is 20.8 Å². The normalized spacial score (nSPS) is 29.7. The Morgan fingerprint density at radius 1 is 1.05 bits per heavy atom. The van der Waals surface area contributed by atoms with Crippen LogP contribution in [0.3, 0.4) is 0 Å². The molecular weight excluding hydrogens is 232 g/mol. The Morgan fingerprint density at radius 2 is 1.74 bits per heavy atom. The zero-order valence-electron chi connectivity index (χ0n) is 13.5. The van der Waals surface area contributed by atoms with Crippen molar-refractivity contribution in [1.82, 2.24) is 10.2 Å². The molecule has 2 rings (SSSR count). The molecule has 112 valence electrons. The number of nitrogens with zero attached hydrogens (tertiary/aromatic N) is 1. The van der Waals surface area contributed by atoms with Crippen molar-refractivity contribution in [2.45, 2.75) is 78.3 Å². The minimum absolute atomic E-state index is 0.494. The quantitative estimate of drug-likeness (QED) is 0.756. The Bertz CT molecular complexity index is 268. The highest BCUT2D eigenvalue weighted by atomic mass is 15.2. The standard InChI is InChI=1S/C17H34N2/c1-5-17(6-2,12-18-16-9-10-16)13-19-11-14(3)7-8-15(19)4/h14-16,18H,5-13H2,1-4H3. The summed E-state index contributed by atoms with van der Waals surface area (Å²) in [4.78, 5) is 2.77. The van der Waals surface area contributed by atoms with E-state index in [2.05, 4.69) is 37.9 Å². The van der Waals surface area contributed by atoms with E-state index >= 15 is 0 Å². The van der Waals surface area contributed by atoms with E-state index in [0.717, 1.165) is 18.0 Å². The molecule has 2 fully saturated rings. The highest BCUT2D eigenvalue weighted by molar-refractivity contribution is 4.90. The zero-order valence-corrected chi connectivity index (χ0v) is 13.5. The first-order chi connectivity index (χ1) is 9.08. The predicted octanol–water partition coefficient (Wildman–Crippen LogP) is 3.67. The second-order valence-corrected chi connectivity index (χ2v) is 7.32. The predicted molar refractivity (Wildman–Crippen MR) is 83.5 cm³/mol. The molecule has 1 N–H and O–H groups in total. The van der Waals surface area contributed by atoms with Gasteiger partial charge in [-0.3, -0.25) is 4.90 Å². The molecule has 0 bridgehead atoms. The zero-order chi connectivity index (χ0) is 13.9. The first-order valence-electron chi connectivity index (χ1n) is 8.56. The fourth-order valence-corrected chi connectivity index (χ4v) is 3.46. The molecule has 0 aromatic carbocycles. The van der Waals surface area contributed by atoms with Crippen molar-refractivity contribution in [2.24, 2.45) is 11.3 Å². The first-order valence-corrected chi connectivity index (χ1v) is 8.56. The summed E-state index contributed by atoms with van der Waals surface area (Å²) in [6, 6.07) is 1.63. The van der Waals surface area contributed by atoms with Crippen LogP contribution >= 0.6 is 0 Å². The van der Waals surface area contributed by atoms with Gasteiger partial charge in [0.15, 0.2) is 0 Å². The molecule has 1 aliphatic carbocycles. The van der Waals surface area contributed by atoms with E-state index in [1.165, 1.54) is 58.2 Å². The topological polar surface area (TPSA) is 15.3 Å². The van der Waals surface area contributed by atoms with Gasteiger partial charge in [0.1, 0.15) is 0 Å². The number of nitrogens with one attached hydrogen (secondary N) is 1. The van der Waals surface area contributed by atoms with Crippen LogP contribution in [-0.2, 0) is 0 Å². The molecular formula is C17H34N2. The molecule has 1 aliphatic heterocycles. The van der Waals surface area contributed by atoms with Crippen LogP contribution in [0.4, 0.5) is 0 Å². The molecule has 2 aliphatic rings. The van der Waals surface area contributed by atoms with Crippen LogP contribution in [0.2, 0.25) is 0 Å². The molecule has 0 amide bonds. The fraction of sp³-hybridized carbons (Fsp3) is 1.00. The van der Waals surface area contributed by atoms with Gasteiger partial charge in [-0.05, 0) is 56.8 Å². The van der Waals surface area contributed by atoms with Gasteiger partial charge in [0, 0.05) is 31.7 Å². The Labute approximate surface area is 120 Å². The first kappa shape index (κ1) is 15.3. The highest BCUT2D eigenvalue weighted by Crippen LogP contribution is 2.32. The van der Waals surface area contributed by atoms with Gasteiger partial charge >= 0.3 is 0 Å². The number of likely N-dealkylation sites (tertiary alicyclic amines) is 1. The van der Waals surface area contributed by atoms with Gasteiger partial charge in [-0.15, -0.1) is 0 Å². The van der Waals surface area contributed by atoms with Crippen molar-refractivity contribution in [3.05, 3.63) is 0 Å². The molecule has 2 atom stereocenters. The molecule has 1 heterocycles. The summed E-state index contributed by atoms with van der Waals surface area (Å²) in [5.41, 5.74) is 0.494. The Morgan fingerprint density at radius 3 is 2.32 bits per heavy atom. The minimum Gasteiger partial charge on any atom is -0.313 e. The van der Waals surface area contributed by atoms with Crippen LogP contribution < -0.4 is 5.32 Å². The maximum absolute atomic E-state index is 3.79. The summed E-state index contributed by atoms with van der Waals surface area (Å²) in [6.45, 7) is 13.4. The summed E-state index contributed by atoms with van der Waals surface area (Å²) in [5.74, 6) is 0.888. The molecule has 0 spiro atoms. The number of hydrogen-bond donors (Lipinski definition) is 1. The van der Waals surface area contributed by atoms with Crippen LogP contribution in [0.1, 0.15) is 66.2 Å². The van der Waals surface area contributed by atoms with Crippen molar-refractivity contribution < 1.29 is 0 Å². The van der Waals surface area contributed by atoms with Gasteiger partial charge in [0.25, 0.3) is 0 Å². The lowest BCUT2D eigenvalue weighted by Gasteiger charge is -2.44. The molecule has 19 heavy (non-hydrogen) atoms. The van der Waals surface area contributed by atoms with Gasteiger partial charge in [0.05, 0.1) is 0 Å². The SMILES string of the molecule is CCC(CC)(CNC1CC1)CN1CC(C)CCC1C. The molecule has 0 radical (unpaired) electrons. The summed E-state index contributed by atoms with van der Waals surface area (Å²) in [6.07, 6.45) is 8.23. The third-order valence-corrected chi connectivity index (χ3v) is 5.63.